The monoisotopic (exact) mass is 258 g/mol. The quantitative estimate of drug-likeness (QED) is 0.848. The van der Waals surface area contributed by atoms with Crippen molar-refractivity contribution in [3.8, 4) is 0 Å². The Bertz CT molecular complexity index is 576. The highest BCUT2D eigenvalue weighted by Crippen LogP contribution is 2.12. The van der Waals surface area contributed by atoms with Crippen LogP contribution in [0.15, 0.2) is 36.8 Å². The van der Waals surface area contributed by atoms with E-state index in [2.05, 4.69) is 4.98 Å². The van der Waals surface area contributed by atoms with Gasteiger partial charge in [0.05, 0.1) is 12.5 Å². The lowest BCUT2D eigenvalue weighted by Gasteiger charge is -2.21. The number of nitrogens with zero attached hydrogens (tertiary/aromatic N) is 3. The summed E-state index contributed by atoms with van der Waals surface area (Å²) in [5.41, 5.74) is 8.08. The van der Waals surface area contributed by atoms with E-state index in [0.29, 0.717) is 24.5 Å². The van der Waals surface area contributed by atoms with Gasteiger partial charge in [-0.1, -0.05) is 12.1 Å². The van der Waals surface area contributed by atoms with E-state index in [1.807, 2.05) is 38.2 Å². The van der Waals surface area contributed by atoms with Crippen molar-refractivity contribution in [3.05, 3.63) is 48.0 Å². The van der Waals surface area contributed by atoms with Crippen LogP contribution in [0.25, 0.3) is 0 Å². The van der Waals surface area contributed by atoms with Gasteiger partial charge < -0.3 is 15.2 Å². The Balaban J connectivity index is 2.17. The molecule has 1 aromatic carbocycles. The summed E-state index contributed by atoms with van der Waals surface area (Å²) in [4.78, 5) is 18.1. The van der Waals surface area contributed by atoms with E-state index in [-0.39, 0.29) is 5.91 Å². The zero-order chi connectivity index (χ0) is 13.8. The second kappa shape index (κ2) is 5.56. The average molecular weight is 258 g/mol. The van der Waals surface area contributed by atoms with Crippen molar-refractivity contribution < 1.29 is 4.79 Å². The molecular weight excluding hydrogens is 240 g/mol. The van der Waals surface area contributed by atoms with Crippen molar-refractivity contribution in [3.63, 3.8) is 0 Å². The van der Waals surface area contributed by atoms with E-state index in [0.717, 1.165) is 5.56 Å². The van der Waals surface area contributed by atoms with Crippen molar-refractivity contribution in [1.29, 1.82) is 0 Å². The molecule has 0 fully saturated rings. The van der Waals surface area contributed by atoms with Crippen molar-refractivity contribution in [2.75, 3.05) is 12.3 Å². The molecule has 0 radical (unpaired) electrons. The predicted molar refractivity (Wildman–Crippen MR) is 74.5 cm³/mol. The number of benzene rings is 1. The summed E-state index contributed by atoms with van der Waals surface area (Å²) in [6.45, 7) is 3.14. The summed E-state index contributed by atoms with van der Waals surface area (Å²) in [6.07, 6.45) is 3.21. The minimum absolute atomic E-state index is 0.0232. The minimum atomic E-state index is -0.0232. The number of nitrogen functional groups attached to an aromatic ring is 1. The lowest BCUT2D eigenvalue weighted by molar-refractivity contribution is 0.0743. The van der Waals surface area contributed by atoms with E-state index < -0.39 is 0 Å². The van der Waals surface area contributed by atoms with E-state index in [4.69, 9.17) is 5.73 Å². The Hall–Kier alpha value is -2.30. The van der Waals surface area contributed by atoms with Gasteiger partial charge in [-0.3, -0.25) is 4.79 Å². The number of aryl methyl sites for hydroxylation is 1. The predicted octanol–water partition coefficient (Wildman–Crippen LogP) is 1.66. The van der Waals surface area contributed by atoms with Crippen molar-refractivity contribution in [1.82, 2.24) is 14.5 Å². The van der Waals surface area contributed by atoms with Crippen LogP contribution in [0.1, 0.15) is 23.0 Å². The molecule has 5 heteroatoms. The molecule has 100 valence electrons. The number of amides is 1. The van der Waals surface area contributed by atoms with Gasteiger partial charge >= 0.3 is 0 Å². The SMILES string of the molecule is CCN(Cc1cccc(N)c1)C(=O)c1cncn1C. The molecule has 1 heterocycles. The third-order valence-corrected chi connectivity index (χ3v) is 3.03. The highest BCUT2D eigenvalue weighted by atomic mass is 16.2. The molecule has 1 amide bonds. The third-order valence-electron chi connectivity index (χ3n) is 3.03. The maximum absolute atomic E-state index is 12.4. The molecule has 0 aliphatic rings. The fraction of sp³-hybridized carbons (Fsp3) is 0.286. The summed E-state index contributed by atoms with van der Waals surface area (Å²) in [6, 6.07) is 7.59. The number of hydrogen-bond acceptors (Lipinski definition) is 3. The zero-order valence-corrected chi connectivity index (χ0v) is 11.2. The number of rotatable bonds is 4. The number of aromatic nitrogens is 2. The second-order valence-corrected chi connectivity index (χ2v) is 4.45. The lowest BCUT2D eigenvalue weighted by atomic mass is 10.2. The lowest BCUT2D eigenvalue weighted by Crippen LogP contribution is -2.31. The van der Waals surface area contributed by atoms with Crippen LogP contribution in [0.2, 0.25) is 0 Å². The molecule has 0 saturated carbocycles. The molecule has 0 bridgehead atoms. The molecule has 2 N–H and O–H groups in total. The number of carbonyl (C=O) groups excluding carboxylic acids is 1. The Morgan fingerprint density at radius 1 is 1.47 bits per heavy atom. The Kier molecular flexibility index (Phi) is 3.85. The van der Waals surface area contributed by atoms with Gasteiger partial charge in [0.2, 0.25) is 0 Å². The molecule has 0 spiro atoms. The fourth-order valence-corrected chi connectivity index (χ4v) is 1.96. The zero-order valence-electron chi connectivity index (χ0n) is 11.2. The molecule has 0 atom stereocenters. The average Bonchev–Trinajstić information content (AvgIpc) is 2.81. The standard InChI is InChI=1S/C14H18N4O/c1-3-18(9-11-5-4-6-12(15)7-11)14(19)13-8-16-10-17(13)2/h4-8,10H,3,9,15H2,1-2H3. The fourth-order valence-electron chi connectivity index (χ4n) is 1.96. The van der Waals surface area contributed by atoms with Gasteiger partial charge in [-0.05, 0) is 24.6 Å². The second-order valence-electron chi connectivity index (χ2n) is 4.45. The van der Waals surface area contributed by atoms with Crippen LogP contribution < -0.4 is 5.73 Å². The number of imidazole rings is 1. The van der Waals surface area contributed by atoms with Crippen LogP contribution in [-0.2, 0) is 13.6 Å². The van der Waals surface area contributed by atoms with Crippen molar-refractivity contribution >= 4 is 11.6 Å². The molecule has 1 aromatic heterocycles. The van der Waals surface area contributed by atoms with E-state index in [1.54, 1.807) is 22.0 Å². The van der Waals surface area contributed by atoms with E-state index >= 15 is 0 Å². The molecule has 0 saturated heterocycles. The van der Waals surface area contributed by atoms with E-state index in [9.17, 15) is 4.79 Å². The van der Waals surface area contributed by atoms with Gasteiger partial charge in [0, 0.05) is 25.8 Å². The first-order valence-corrected chi connectivity index (χ1v) is 6.21. The molecular formula is C14H18N4O. The van der Waals surface area contributed by atoms with Crippen LogP contribution >= 0.6 is 0 Å². The Labute approximate surface area is 112 Å². The first-order valence-electron chi connectivity index (χ1n) is 6.21. The topological polar surface area (TPSA) is 64.2 Å². The molecule has 2 aromatic rings. The van der Waals surface area contributed by atoms with Crippen LogP contribution in [0.5, 0.6) is 0 Å². The minimum Gasteiger partial charge on any atom is -0.399 e. The largest absolute Gasteiger partial charge is 0.399 e. The Morgan fingerprint density at radius 3 is 2.84 bits per heavy atom. The maximum atomic E-state index is 12.4. The van der Waals surface area contributed by atoms with Gasteiger partial charge in [-0.15, -0.1) is 0 Å². The van der Waals surface area contributed by atoms with Crippen molar-refractivity contribution in [2.24, 2.45) is 7.05 Å². The molecule has 0 unspecified atom stereocenters. The molecule has 19 heavy (non-hydrogen) atoms. The summed E-state index contributed by atoms with van der Waals surface area (Å²) >= 11 is 0. The number of carbonyl (C=O) groups is 1. The van der Waals surface area contributed by atoms with Crippen LogP contribution in [-0.4, -0.2) is 26.9 Å². The van der Waals surface area contributed by atoms with Gasteiger partial charge in [-0.2, -0.15) is 0 Å². The van der Waals surface area contributed by atoms with Gasteiger partial charge in [0.1, 0.15) is 5.69 Å². The summed E-state index contributed by atoms with van der Waals surface area (Å²) in [5.74, 6) is -0.0232. The maximum Gasteiger partial charge on any atom is 0.272 e. The number of hydrogen-bond donors (Lipinski definition) is 1. The molecule has 0 aliphatic heterocycles. The molecule has 0 aliphatic carbocycles. The van der Waals surface area contributed by atoms with Gasteiger partial charge in [0.25, 0.3) is 5.91 Å². The third kappa shape index (κ3) is 2.93. The van der Waals surface area contributed by atoms with Crippen LogP contribution in [0.4, 0.5) is 5.69 Å². The number of anilines is 1. The smallest absolute Gasteiger partial charge is 0.272 e. The Morgan fingerprint density at radius 2 is 2.26 bits per heavy atom. The van der Waals surface area contributed by atoms with Crippen LogP contribution in [0, 0.1) is 0 Å². The first-order chi connectivity index (χ1) is 9.11. The summed E-state index contributed by atoms with van der Waals surface area (Å²) < 4.78 is 1.73. The van der Waals surface area contributed by atoms with Crippen LogP contribution in [0.3, 0.4) is 0 Å². The van der Waals surface area contributed by atoms with Crippen molar-refractivity contribution in [2.45, 2.75) is 13.5 Å². The summed E-state index contributed by atoms with van der Waals surface area (Å²) in [7, 11) is 1.81. The van der Waals surface area contributed by atoms with E-state index in [1.165, 1.54) is 0 Å². The highest BCUT2D eigenvalue weighted by Gasteiger charge is 2.17. The first kappa shape index (κ1) is 13.1. The highest BCUT2D eigenvalue weighted by molar-refractivity contribution is 5.92. The number of nitrogens with two attached hydrogens (primary N) is 1. The van der Waals surface area contributed by atoms with Gasteiger partial charge in [-0.25, -0.2) is 4.98 Å². The summed E-state index contributed by atoms with van der Waals surface area (Å²) in [5, 5.41) is 0. The molecule has 5 nitrogen and oxygen atoms in total. The normalized spacial score (nSPS) is 10.4. The van der Waals surface area contributed by atoms with Gasteiger partial charge in [0.15, 0.2) is 0 Å². The molecule has 2 rings (SSSR count).